The molecule has 0 spiro atoms. The van der Waals surface area contributed by atoms with Gasteiger partial charge in [-0.15, -0.1) is 0 Å². The van der Waals surface area contributed by atoms with Gasteiger partial charge in [-0.3, -0.25) is 0 Å². The second-order valence-electron chi connectivity index (χ2n) is 3.26. The quantitative estimate of drug-likeness (QED) is 0.434. The maximum absolute atomic E-state index is 12.4. The van der Waals surface area contributed by atoms with Gasteiger partial charge in [0.1, 0.15) is 11.5 Å². The van der Waals surface area contributed by atoms with Crippen LogP contribution < -0.4 is 5.32 Å². The van der Waals surface area contributed by atoms with Crippen LogP contribution in [0.15, 0.2) is 0 Å². The number of nitrogens with one attached hydrogen (secondary N) is 1. The molecule has 1 unspecified atom stereocenters. The lowest BCUT2D eigenvalue weighted by atomic mass is 10.2. The van der Waals surface area contributed by atoms with Gasteiger partial charge in [0.25, 0.3) is 0 Å². The van der Waals surface area contributed by atoms with Crippen LogP contribution >= 0.6 is 0 Å². The van der Waals surface area contributed by atoms with Gasteiger partial charge >= 0.3 is 12.1 Å². The van der Waals surface area contributed by atoms with Crippen molar-refractivity contribution in [2.45, 2.75) is 24.9 Å². The summed E-state index contributed by atoms with van der Waals surface area (Å²) in [4.78, 5) is 0. The van der Waals surface area contributed by atoms with E-state index in [1.54, 1.807) is 7.05 Å². The zero-order valence-electron chi connectivity index (χ0n) is 8.74. The number of hydrogen-bond acceptors (Lipinski definition) is 2. The SMILES string of the molecule is CNCCC[S+]([O-])CCC(F)(F)C(F)(F)F. The van der Waals surface area contributed by atoms with E-state index < -0.39 is 35.4 Å². The molecule has 0 aliphatic rings. The van der Waals surface area contributed by atoms with Crippen LogP contribution in [-0.2, 0) is 11.2 Å². The minimum atomic E-state index is -5.55. The van der Waals surface area contributed by atoms with E-state index in [0.717, 1.165) is 0 Å². The van der Waals surface area contributed by atoms with Crippen LogP contribution in [0.1, 0.15) is 12.8 Å². The van der Waals surface area contributed by atoms with E-state index in [2.05, 4.69) is 5.32 Å². The van der Waals surface area contributed by atoms with Crippen molar-refractivity contribution < 1.29 is 26.5 Å². The number of alkyl halides is 5. The largest absolute Gasteiger partial charge is 0.616 e. The maximum atomic E-state index is 12.4. The molecule has 0 fully saturated rings. The highest BCUT2D eigenvalue weighted by Crippen LogP contribution is 2.38. The molecule has 1 atom stereocenters. The maximum Gasteiger partial charge on any atom is 0.453 e. The standard InChI is InChI=1S/C8H14F5NOS/c1-14-4-2-5-16(15)6-3-7(9,10)8(11,12)13/h14H,2-6H2,1H3. The Morgan fingerprint density at radius 2 is 1.69 bits per heavy atom. The summed E-state index contributed by atoms with van der Waals surface area (Å²) in [5.74, 6) is -5.24. The number of rotatable bonds is 7. The van der Waals surface area contributed by atoms with E-state index >= 15 is 0 Å². The molecule has 0 bridgehead atoms. The van der Waals surface area contributed by atoms with Crippen molar-refractivity contribution in [1.82, 2.24) is 5.32 Å². The zero-order chi connectivity index (χ0) is 12.8. The molecule has 1 N–H and O–H groups in total. The van der Waals surface area contributed by atoms with Crippen molar-refractivity contribution in [1.29, 1.82) is 0 Å². The van der Waals surface area contributed by atoms with Gasteiger partial charge in [0.05, 0.1) is 6.42 Å². The Hall–Kier alpha value is -0.0800. The third-order valence-electron chi connectivity index (χ3n) is 1.86. The first-order chi connectivity index (χ1) is 7.20. The molecule has 8 heteroatoms. The Kier molecular flexibility index (Phi) is 6.57. The molecule has 0 saturated carbocycles. The van der Waals surface area contributed by atoms with Gasteiger partial charge in [-0.1, -0.05) is 11.2 Å². The fraction of sp³-hybridized carbons (Fsp3) is 1.00. The Labute approximate surface area is 93.8 Å². The lowest BCUT2D eigenvalue weighted by Crippen LogP contribution is -2.38. The second-order valence-corrected chi connectivity index (χ2v) is 4.95. The highest BCUT2D eigenvalue weighted by Gasteiger charge is 2.57. The molecule has 0 aliphatic carbocycles. The van der Waals surface area contributed by atoms with Gasteiger partial charge in [0, 0.05) is 6.42 Å². The van der Waals surface area contributed by atoms with E-state index in [1.807, 2.05) is 0 Å². The summed E-state index contributed by atoms with van der Waals surface area (Å²) < 4.78 is 71.1. The molecular weight excluding hydrogens is 253 g/mol. The predicted molar refractivity (Wildman–Crippen MR) is 52.0 cm³/mol. The molecule has 0 amide bonds. The average molecular weight is 267 g/mol. The van der Waals surface area contributed by atoms with Gasteiger partial charge in [-0.05, 0) is 13.6 Å². The van der Waals surface area contributed by atoms with Crippen molar-refractivity contribution >= 4 is 11.2 Å². The molecule has 0 aromatic carbocycles. The molecule has 0 saturated heterocycles. The van der Waals surface area contributed by atoms with Crippen molar-refractivity contribution in [3.05, 3.63) is 0 Å². The van der Waals surface area contributed by atoms with Gasteiger partial charge < -0.3 is 9.87 Å². The van der Waals surface area contributed by atoms with Gasteiger partial charge in [-0.25, -0.2) is 0 Å². The van der Waals surface area contributed by atoms with E-state index in [9.17, 15) is 26.5 Å². The predicted octanol–water partition coefficient (Wildman–Crippen LogP) is 1.93. The summed E-state index contributed by atoms with van der Waals surface area (Å²) in [6.45, 7) is 0.557. The summed E-state index contributed by atoms with van der Waals surface area (Å²) in [6.07, 6.45) is -6.48. The average Bonchev–Trinajstić information content (AvgIpc) is 2.13. The lowest BCUT2D eigenvalue weighted by molar-refractivity contribution is -0.282. The highest BCUT2D eigenvalue weighted by molar-refractivity contribution is 7.91. The third kappa shape index (κ3) is 5.86. The van der Waals surface area contributed by atoms with Gasteiger partial charge in [0.2, 0.25) is 0 Å². The van der Waals surface area contributed by atoms with Crippen molar-refractivity contribution in [3.8, 4) is 0 Å². The lowest BCUT2D eigenvalue weighted by Gasteiger charge is -2.20. The summed E-state index contributed by atoms with van der Waals surface area (Å²) in [5.41, 5.74) is 0. The first-order valence-corrected chi connectivity index (χ1v) is 6.13. The fourth-order valence-corrected chi connectivity index (χ4v) is 2.05. The van der Waals surface area contributed by atoms with Crippen LogP contribution in [-0.4, -0.2) is 41.7 Å². The highest BCUT2D eigenvalue weighted by atomic mass is 32.2. The van der Waals surface area contributed by atoms with Gasteiger partial charge in [-0.2, -0.15) is 22.0 Å². The molecule has 0 aliphatic heterocycles. The van der Waals surface area contributed by atoms with E-state index in [-0.39, 0.29) is 5.75 Å². The molecule has 0 heterocycles. The molecule has 98 valence electrons. The second kappa shape index (κ2) is 6.61. The van der Waals surface area contributed by atoms with Crippen LogP contribution in [0.4, 0.5) is 22.0 Å². The van der Waals surface area contributed by atoms with Gasteiger partial charge in [0.15, 0.2) is 0 Å². The van der Waals surface area contributed by atoms with Crippen molar-refractivity contribution in [2.24, 2.45) is 0 Å². The molecule has 0 aromatic rings. The van der Waals surface area contributed by atoms with Crippen LogP contribution in [0.2, 0.25) is 0 Å². The van der Waals surface area contributed by atoms with E-state index in [4.69, 9.17) is 0 Å². The first-order valence-electron chi connectivity index (χ1n) is 4.65. The molecule has 2 nitrogen and oxygen atoms in total. The molecule has 16 heavy (non-hydrogen) atoms. The van der Waals surface area contributed by atoms with Crippen LogP contribution in [0.5, 0.6) is 0 Å². The van der Waals surface area contributed by atoms with Crippen molar-refractivity contribution in [2.75, 3.05) is 25.1 Å². The van der Waals surface area contributed by atoms with Crippen LogP contribution in [0, 0.1) is 0 Å². The number of hydrogen-bond donors (Lipinski definition) is 1. The molecule has 0 radical (unpaired) electrons. The fourth-order valence-electron chi connectivity index (χ4n) is 0.896. The van der Waals surface area contributed by atoms with E-state index in [0.29, 0.717) is 13.0 Å². The summed E-state index contributed by atoms with van der Waals surface area (Å²) in [6, 6.07) is 0. The molecule has 0 rings (SSSR count). The third-order valence-corrected chi connectivity index (χ3v) is 3.26. The monoisotopic (exact) mass is 267 g/mol. The Bertz CT molecular complexity index is 199. The van der Waals surface area contributed by atoms with Crippen LogP contribution in [0.3, 0.4) is 0 Å². The Morgan fingerprint density at radius 3 is 2.12 bits per heavy atom. The molecular formula is C8H14F5NOS. The molecule has 0 aromatic heterocycles. The summed E-state index contributed by atoms with van der Waals surface area (Å²) in [7, 11) is 1.67. The first kappa shape index (κ1) is 15.9. The van der Waals surface area contributed by atoms with E-state index in [1.165, 1.54) is 0 Å². The van der Waals surface area contributed by atoms with Crippen LogP contribution in [0.25, 0.3) is 0 Å². The summed E-state index contributed by atoms with van der Waals surface area (Å²) >= 11 is -1.62. The Morgan fingerprint density at radius 1 is 1.12 bits per heavy atom. The Balaban J connectivity index is 3.86. The minimum Gasteiger partial charge on any atom is -0.616 e. The minimum absolute atomic E-state index is 0.134. The normalized spacial score (nSPS) is 15.2. The topological polar surface area (TPSA) is 35.1 Å². The number of halogens is 5. The van der Waals surface area contributed by atoms with Crippen molar-refractivity contribution in [3.63, 3.8) is 0 Å². The summed E-state index contributed by atoms with van der Waals surface area (Å²) in [5, 5.41) is 2.76. The zero-order valence-corrected chi connectivity index (χ0v) is 9.56. The smallest absolute Gasteiger partial charge is 0.453 e.